The Labute approximate surface area is 91.7 Å². The fourth-order valence-electron chi connectivity index (χ4n) is 0.969. The zero-order chi connectivity index (χ0) is 9.84. The second kappa shape index (κ2) is 5.10. The van der Waals surface area contributed by atoms with Crippen molar-refractivity contribution in [3.05, 3.63) is 20.3 Å². The van der Waals surface area contributed by atoms with E-state index in [4.69, 9.17) is 5.73 Å². The maximum atomic E-state index is 5.50. The van der Waals surface area contributed by atoms with Crippen molar-refractivity contribution < 1.29 is 0 Å². The second-order valence-electron chi connectivity index (χ2n) is 3.19. The number of nitrogens with one attached hydrogen (secondary N) is 1. The molecule has 0 saturated heterocycles. The van der Waals surface area contributed by atoms with Crippen molar-refractivity contribution in [1.82, 2.24) is 5.32 Å². The fraction of sp³-hybridized carbons (Fsp3) is 0.556. The summed E-state index contributed by atoms with van der Waals surface area (Å²) in [4.78, 5) is 1.35. The van der Waals surface area contributed by atoms with E-state index in [9.17, 15) is 0 Å². The van der Waals surface area contributed by atoms with E-state index in [-0.39, 0.29) is 0 Å². The first-order valence-electron chi connectivity index (χ1n) is 4.31. The van der Waals surface area contributed by atoms with Gasteiger partial charge in [-0.15, -0.1) is 11.3 Å². The van der Waals surface area contributed by atoms with E-state index in [0.29, 0.717) is 12.6 Å². The number of aryl methyl sites for hydroxylation is 1. The topological polar surface area (TPSA) is 38.0 Å². The highest BCUT2D eigenvalue weighted by atomic mass is 79.9. The maximum absolute atomic E-state index is 5.50. The van der Waals surface area contributed by atoms with Crippen LogP contribution in [0.5, 0.6) is 0 Å². The van der Waals surface area contributed by atoms with Crippen molar-refractivity contribution in [1.29, 1.82) is 0 Å². The van der Waals surface area contributed by atoms with Crippen LogP contribution in [-0.4, -0.2) is 12.6 Å². The van der Waals surface area contributed by atoms with Crippen molar-refractivity contribution >= 4 is 27.3 Å². The van der Waals surface area contributed by atoms with Crippen LogP contribution in [-0.2, 0) is 6.54 Å². The van der Waals surface area contributed by atoms with Gasteiger partial charge in [0.1, 0.15) is 0 Å². The zero-order valence-electron chi connectivity index (χ0n) is 7.93. The van der Waals surface area contributed by atoms with Crippen LogP contribution in [0.4, 0.5) is 0 Å². The molecule has 0 saturated carbocycles. The van der Waals surface area contributed by atoms with Gasteiger partial charge in [-0.05, 0) is 41.4 Å². The summed E-state index contributed by atoms with van der Waals surface area (Å²) in [5.74, 6) is 0. The predicted octanol–water partition coefficient (Wildman–Crippen LogP) is 2.26. The molecule has 0 aliphatic rings. The van der Waals surface area contributed by atoms with Crippen molar-refractivity contribution in [3.63, 3.8) is 0 Å². The van der Waals surface area contributed by atoms with E-state index in [0.717, 1.165) is 6.54 Å². The van der Waals surface area contributed by atoms with Crippen molar-refractivity contribution in [3.8, 4) is 0 Å². The first kappa shape index (κ1) is 11.2. The summed E-state index contributed by atoms with van der Waals surface area (Å²) in [5, 5.41) is 3.35. The van der Waals surface area contributed by atoms with E-state index < -0.39 is 0 Å². The van der Waals surface area contributed by atoms with E-state index in [2.05, 4.69) is 41.2 Å². The van der Waals surface area contributed by atoms with Crippen LogP contribution in [0, 0.1) is 6.92 Å². The minimum absolute atomic E-state index is 0.390. The summed E-state index contributed by atoms with van der Waals surface area (Å²) in [7, 11) is 0. The molecular formula is C9H15BrN2S. The van der Waals surface area contributed by atoms with E-state index in [1.807, 2.05) is 0 Å². The molecule has 0 aromatic carbocycles. The number of hydrogen-bond acceptors (Lipinski definition) is 3. The highest BCUT2D eigenvalue weighted by molar-refractivity contribution is 9.11. The third-order valence-electron chi connectivity index (χ3n) is 1.89. The van der Waals surface area contributed by atoms with Gasteiger partial charge < -0.3 is 11.1 Å². The lowest BCUT2D eigenvalue weighted by Crippen LogP contribution is -2.32. The molecule has 0 spiro atoms. The van der Waals surface area contributed by atoms with Crippen LogP contribution in [0.1, 0.15) is 17.4 Å². The van der Waals surface area contributed by atoms with Gasteiger partial charge in [-0.3, -0.25) is 0 Å². The van der Waals surface area contributed by atoms with Gasteiger partial charge in [-0.25, -0.2) is 0 Å². The molecule has 0 bridgehead atoms. The molecule has 1 rings (SSSR count). The standard InChI is InChI=1S/C9H15BrN2S/c1-6-3-8(13-9(6)10)5-12-7(2)4-11/h3,7,12H,4-5,11H2,1-2H3/t7-/m0/s1. The van der Waals surface area contributed by atoms with E-state index in [1.165, 1.54) is 14.2 Å². The second-order valence-corrected chi connectivity index (χ2v) is 5.64. The molecular weight excluding hydrogens is 248 g/mol. The third-order valence-corrected chi connectivity index (χ3v) is 4.02. The molecule has 4 heteroatoms. The van der Waals surface area contributed by atoms with Crippen LogP contribution in [0.25, 0.3) is 0 Å². The Hall–Kier alpha value is 0.100. The minimum atomic E-state index is 0.390. The Balaban J connectivity index is 2.45. The van der Waals surface area contributed by atoms with Crippen molar-refractivity contribution in [2.24, 2.45) is 5.73 Å². The molecule has 13 heavy (non-hydrogen) atoms. The van der Waals surface area contributed by atoms with Gasteiger partial charge in [0.2, 0.25) is 0 Å². The smallest absolute Gasteiger partial charge is 0.0730 e. The first-order chi connectivity index (χ1) is 6.13. The van der Waals surface area contributed by atoms with Gasteiger partial charge in [-0.2, -0.15) is 0 Å². The zero-order valence-corrected chi connectivity index (χ0v) is 10.3. The predicted molar refractivity (Wildman–Crippen MR) is 62.1 cm³/mol. The Morgan fingerprint density at radius 2 is 2.38 bits per heavy atom. The molecule has 1 aromatic rings. The number of rotatable bonds is 4. The molecule has 1 aromatic heterocycles. The lowest BCUT2D eigenvalue weighted by Gasteiger charge is -2.09. The molecule has 1 atom stereocenters. The minimum Gasteiger partial charge on any atom is -0.329 e. The van der Waals surface area contributed by atoms with Crippen LogP contribution < -0.4 is 11.1 Å². The van der Waals surface area contributed by atoms with Gasteiger partial charge >= 0.3 is 0 Å². The summed E-state index contributed by atoms with van der Waals surface area (Å²) in [6.07, 6.45) is 0. The molecule has 0 unspecified atom stereocenters. The number of thiophene rings is 1. The lowest BCUT2D eigenvalue weighted by atomic mass is 10.3. The van der Waals surface area contributed by atoms with E-state index in [1.54, 1.807) is 11.3 Å². The van der Waals surface area contributed by atoms with Gasteiger partial charge in [0.25, 0.3) is 0 Å². The van der Waals surface area contributed by atoms with Crippen LogP contribution >= 0.6 is 27.3 Å². The molecule has 2 nitrogen and oxygen atoms in total. The normalized spacial score (nSPS) is 13.2. The maximum Gasteiger partial charge on any atom is 0.0730 e. The number of hydrogen-bond donors (Lipinski definition) is 2. The third kappa shape index (κ3) is 3.38. The molecule has 74 valence electrons. The molecule has 0 aliphatic heterocycles. The van der Waals surface area contributed by atoms with Gasteiger partial charge in [0.15, 0.2) is 0 Å². The Morgan fingerprint density at radius 1 is 1.69 bits per heavy atom. The van der Waals surface area contributed by atoms with E-state index >= 15 is 0 Å². The molecule has 0 fully saturated rings. The van der Waals surface area contributed by atoms with Crippen LogP contribution in [0.15, 0.2) is 9.85 Å². The Morgan fingerprint density at radius 3 is 2.85 bits per heavy atom. The van der Waals surface area contributed by atoms with Crippen molar-refractivity contribution in [2.75, 3.05) is 6.54 Å². The summed E-state index contributed by atoms with van der Waals surface area (Å²) < 4.78 is 1.23. The largest absolute Gasteiger partial charge is 0.329 e. The summed E-state index contributed by atoms with van der Waals surface area (Å²) in [5.41, 5.74) is 6.81. The fourth-order valence-corrected chi connectivity index (χ4v) is 2.55. The number of halogens is 1. The summed E-state index contributed by atoms with van der Waals surface area (Å²) in [6.45, 7) is 5.80. The SMILES string of the molecule is Cc1cc(CN[C@@H](C)CN)sc1Br. The highest BCUT2D eigenvalue weighted by Crippen LogP contribution is 2.27. The van der Waals surface area contributed by atoms with Gasteiger partial charge in [0.05, 0.1) is 3.79 Å². The highest BCUT2D eigenvalue weighted by Gasteiger charge is 2.03. The van der Waals surface area contributed by atoms with Gasteiger partial charge in [-0.1, -0.05) is 0 Å². The molecule has 3 N–H and O–H groups in total. The Kier molecular flexibility index (Phi) is 4.38. The lowest BCUT2D eigenvalue weighted by molar-refractivity contribution is 0.560. The van der Waals surface area contributed by atoms with Gasteiger partial charge in [0, 0.05) is 24.0 Å². The van der Waals surface area contributed by atoms with Crippen molar-refractivity contribution in [2.45, 2.75) is 26.4 Å². The molecule has 0 amide bonds. The van der Waals surface area contributed by atoms with Crippen LogP contribution in [0.2, 0.25) is 0 Å². The average molecular weight is 263 g/mol. The molecule has 1 heterocycles. The molecule has 0 aliphatic carbocycles. The monoisotopic (exact) mass is 262 g/mol. The summed E-state index contributed by atoms with van der Waals surface area (Å²) >= 11 is 5.29. The quantitative estimate of drug-likeness (QED) is 0.874. The summed E-state index contributed by atoms with van der Waals surface area (Å²) in [6, 6.07) is 2.59. The number of nitrogens with two attached hydrogens (primary N) is 1. The van der Waals surface area contributed by atoms with Crippen LogP contribution in [0.3, 0.4) is 0 Å². The average Bonchev–Trinajstić information content (AvgIpc) is 2.42. The first-order valence-corrected chi connectivity index (χ1v) is 5.92. The Bertz CT molecular complexity index is 253. The molecule has 0 radical (unpaired) electrons.